The van der Waals surface area contributed by atoms with Crippen LogP contribution in [0.5, 0.6) is 0 Å². The molecule has 3 N–H and O–H groups in total. The summed E-state index contributed by atoms with van der Waals surface area (Å²) in [7, 11) is 0. The summed E-state index contributed by atoms with van der Waals surface area (Å²) in [6, 6.07) is -1.55. The van der Waals surface area contributed by atoms with E-state index in [1.807, 2.05) is 0 Å². The average molecular weight is 362 g/mol. The molecular weight excluding hydrogens is 340 g/mol. The van der Waals surface area contributed by atoms with Crippen molar-refractivity contribution in [3.8, 4) is 12.3 Å². The summed E-state index contributed by atoms with van der Waals surface area (Å²) >= 11 is 1.24. The van der Waals surface area contributed by atoms with Gasteiger partial charge in [-0.3, -0.25) is 10.1 Å². The molecule has 0 unspecified atom stereocenters. The molecule has 2 fully saturated rings. The molecule has 25 heavy (non-hydrogen) atoms. The number of hydrogen-bond acceptors (Lipinski definition) is 5. The number of thiazole rings is 1. The fourth-order valence-corrected chi connectivity index (χ4v) is 4.05. The van der Waals surface area contributed by atoms with Crippen LogP contribution >= 0.6 is 11.3 Å². The summed E-state index contributed by atoms with van der Waals surface area (Å²) in [5.41, 5.74) is 0.440. The summed E-state index contributed by atoms with van der Waals surface area (Å²) in [5.74, 6) is 2.47. The van der Waals surface area contributed by atoms with Crippen LogP contribution in [-0.4, -0.2) is 52.7 Å². The number of terminal acetylenes is 1. The van der Waals surface area contributed by atoms with E-state index >= 15 is 0 Å². The lowest BCUT2D eigenvalue weighted by atomic mass is 9.63. The van der Waals surface area contributed by atoms with E-state index in [1.54, 1.807) is 10.3 Å². The van der Waals surface area contributed by atoms with Crippen molar-refractivity contribution >= 4 is 29.1 Å². The average Bonchev–Trinajstić information content (AvgIpc) is 3.05. The van der Waals surface area contributed by atoms with E-state index in [0.717, 1.165) is 12.8 Å². The molecule has 3 amide bonds. The van der Waals surface area contributed by atoms with Gasteiger partial charge in [0.1, 0.15) is 11.9 Å². The molecule has 1 aromatic rings. The van der Waals surface area contributed by atoms with Gasteiger partial charge in [0.05, 0.1) is 6.61 Å². The minimum absolute atomic E-state index is 0.241. The van der Waals surface area contributed by atoms with Gasteiger partial charge >= 0.3 is 6.03 Å². The molecule has 1 atom stereocenters. The molecule has 1 spiro atoms. The van der Waals surface area contributed by atoms with Crippen LogP contribution in [0, 0.1) is 17.8 Å². The van der Waals surface area contributed by atoms with E-state index in [-0.39, 0.29) is 5.91 Å². The van der Waals surface area contributed by atoms with Crippen molar-refractivity contribution in [2.75, 3.05) is 25.0 Å². The van der Waals surface area contributed by atoms with E-state index < -0.39 is 18.7 Å². The Morgan fingerprint density at radius 3 is 2.64 bits per heavy atom. The number of amides is 3. The van der Waals surface area contributed by atoms with Crippen molar-refractivity contribution in [3.63, 3.8) is 0 Å². The first-order valence-corrected chi connectivity index (χ1v) is 9.32. The smallest absolute Gasteiger partial charge is 0.321 e. The van der Waals surface area contributed by atoms with Gasteiger partial charge in [0, 0.05) is 18.5 Å². The number of nitrogens with zero attached hydrogens (tertiary/aromatic N) is 2. The number of hydrogen-bond donors (Lipinski definition) is 3. The standard InChI is InChI=1S/C17H22N4O3S/c1-2-14-19-13(11-25-14)20-16(24)18-12(10-22)15(23)21-8-6-17(7-9-21)4-3-5-17/h1,11-12,22H,3-10H2,(H2,18,20,24)/t12-/m0/s1. The third-order valence-corrected chi connectivity index (χ3v) is 5.98. The Bertz CT molecular complexity index is 682. The van der Waals surface area contributed by atoms with Crippen molar-refractivity contribution in [2.45, 2.75) is 38.1 Å². The van der Waals surface area contributed by atoms with Gasteiger partial charge in [-0.25, -0.2) is 9.78 Å². The summed E-state index contributed by atoms with van der Waals surface area (Å²) in [4.78, 5) is 30.4. The van der Waals surface area contributed by atoms with Crippen LogP contribution in [0.4, 0.5) is 10.6 Å². The monoisotopic (exact) mass is 362 g/mol. The number of urea groups is 1. The summed E-state index contributed by atoms with van der Waals surface area (Å²) in [6.07, 6.45) is 11.1. The highest BCUT2D eigenvalue weighted by molar-refractivity contribution is 7.10. The number of likely N-dealkylation sites (tertiary alicyclic amines) is 1. The molecule has 134 valence electrons. The molecule has 1 aliphatic carbocycles. The minimum atomic E-state index is -0.957. The lowest BCUT2D eigenvalue weighted by Gasteiger charge is -2.48. The van der Waals surface area contributed by atoms with E-state index in [9.17, 15) is 14.7 Å². The molecule has 1 saturated heterocycles. The van der Waals surface area contributed by atoms with Gasteiger partial charge < -0.3 is 15.3 Å². The largest absolute Gasteiger partial charge is 0.394 e. The minimum Gasteiger partial charge on any atom is -0.394 e. The maximum atomic E-state index is 12.6. The number of aromatic nitrogens is 1. The lowest BCUT2D eigenvalue weighted by molar-refractivity contribution is -0.137. The van der Waals surface area contributed by atoms with Gasteiger partial charge in [-0.1, -0.05) is 6.42 Å². The normalized spacial score (nSPS) is 19.6. The molecule has 1 aromatic heterocycles. The highest BCUT2D eigenvalue weighted by Crippen LogP contribution is 2.48. The topological polar surface area (TPSA) is 94.6 Å². The Balaban J connectivity index is 1.51. The number of anilines is 1. The number of piperidine rings is 1. The second-order valence-electron chi connectivity index (χ2n) is 6.69. The predicted octanol–water partition coefficient (Wildman–Crippen LogP) is 1.40. The van der Waals surface area contributed by atoms with E-state index in [2.05, 4.69) is 21.5 Å². The molecule has 2 aliphatic rings. The molecule has 3 rings (SSSR count). The molecule has 1 aliphatic heterocycles. The SMILES string of the molecule is C#Cc1nc(NC(=O)N[C@@H](CO)C(=O)N2CCC3(CCC3)CC2)cs1. The van der Waals surface area contributed by atoms with Gasteiger partial charge in [0.2, 0.25) is 5.91 Å². The van der Waals surface area contributed by atoms with Crippen molar-refractivity contribution in [2.24, 2.45) is 5.41 Å². The van der Waals surface area contributed by atoms with Crippen LogP contribution in [0.3, 0.4) is 0 Å². The van der Waals surface area contributed by atoms with E-state index in [0.29, 0.717) is 29.3 Å². The quantitative estimate of drug-likeness (QED) is 0.706. The summed E-state index contributed by atoms with van der Waals surface area (Å²) in [5, 5.41) is 16.6. The number of carbonyl (C=O) groups excluding carboxylic acids is 2. The Morgan fingerprint density at radius 2 is 2.12 bits per heavy atom. The summed E-state index contributed by atoms with van der Waals surface area (Å²) < 4.78 is 0. The maximum Gasteiger partial charge on any atom is 0.321 e. The van der Waals surface area contributed by atoms with Crippen LogP contribution in [-0.2, 0) is 4.79 Å². The van der Waals surface area contributed by atoms with E-state index in [1.165, 1.54) is 30.6 Å². The Hall–Kier alpha value is -2.11. The third kappa shape index (κ3) is 3.94. The molecule has 1 saturated carbocycles. The zero-order valence-electron chi connectivity index (χ0n) is 14.0. The second-order valence-corrected chi connectivity index (χ2v) is 7.55. The Kier molecular flexibility index (Phi) is 5.25. The molecule has 2 heterocycles. The predicted molar refractivity (Wildman–Crippen MR) is 95.2 cm³/mol. The number of nitrogens with one attached hydrogen (secondary N) is 2. The number of rotatable bonds is 4. The van der Waals surface area contributed by atoms with Crippen molar-refractivity contribution in [3.05, 3.63) is 10.4 Å². The number of carbonyl (C=O) groups is 2. The second kappa shape index (κ2) is 7.42. The van der Waals surface area contributed by atoms with Crippen molar-refractivity contribution in [1.29, 1.82) is 0 Å². The maximum absolute atomic E-state index is 12.6. The molecule has 7 nitrogen and oxygen atoms in total. The number of aliphatic hydroxyl groups excluding tert-OH is 1. The van der Waals surface area contributed by atoms with Gasteiger partial charge in [0.25, 0.3) is 0 Å². The van der Waals surface area contributed by atoms with Crippen LogP contribution in [0.2, 0.25) is 0 Å². The zero-order chi connectivity index (χ0) is 17.9. The van der Waals surface area contributed by atoms with E-state index in [4.69, 9.17) is 6.42 Å². The molecule has 0 aromatic carbocycles. The van der Waals surface area contributed by atoms with Crippen LogP contribution in [0.1, 0.15) is 37.1 Å². The van der Waals surface area contributed by atoms with Crippen LogP contribution < -0.4 is 10.6 Å². The first kappa shape index (κ1) is 17.7. The molecule has 0 bridgehead atoms. The summed E-state index contributed by atoms with van der Waals surface area (Å²) in [6.45, 7) is 0.938. The zero-order valence-corrected chi connectivity index (χ0v) is 14.8. The van der Waals surface area contributed by atoms with Gasteiger partial charge in [-0.15, -0.1) is 17.8 Å². The highest BCUT2D eigenvalue weighted by atomic mass is 32.1. The molecule has 0 radical (unpaired) electrons. The van der Waals surface area contributed by atoms with Crippen LogP contribution in [0.25, 0.3) is 0 Å². The van der Waals surface area contributed by atoms with Crippen LogP contribution in [0.15, 0.2) is 5.38 Å². The molecular formula is C17H22N4O3S. The van der Waals surface area contributed by atoms with Crippen molar-refractivity contribution in [1.82, 2.24) is 15.2 Å². The Labute approximate surface area is 150 Å². The van der Waals surface area contributed by atoms with Gasteiger partial charge in [-0.2, -0.15) is 0 Å². The lowest BCUT2D eigenvalue weighted by Crippen LogP contribution is -2.54. The van der Waals surface area contributed by atoms with Crippen molar-refractivity contribution < 1.29 is 14.7 Å². The fourth-order valence-electron chi connectivity index (χ4n) is 3.49. The Morgan fingerprint density at radius 1 is 1.40 bits per heavy atom. The molecule has 8 heteroatoms. The first-order chi connectivity index (χ1) is 12.0. The van der Waals surface area contributed by atoms with Gasteiger partial charge in [-0.05, 0) is 37.0 Å². The first-order valence-electron chi connectivity index (χ1n) is 8.44. The highest BCUT2D eigenvalue weighted by Gasteiger charge is 2.41. The third-order valence-electron chi connectivity index (χ3n) is 5.21. The van der Waals surface area contributed by atoms with Gasteiger partial charge in [0.15, 0.2) is 5.01 Å². The fraction of sp³-hybridized carbons (Fsp3) is 0.588. The number of aliphatic hydroxyl groups is 1.